The first-order valence-corrected chi connectivity index (χ1v) is 5.90. The van der Waals surface area contributed by atoms with Crippen LogP contribution in [0.25, 0.3) is 0 Å². The highest BCUT2D eigenvalue weighted by Gasteiger charge is 2.37. The van der Waals surface area contributed by atoms with Crippen LogP contribution in [0, 0.1) is 0 Å². The zero-order chi connectivity index (χ0) is 17.6. The Kier molecular flexibility index (Phi) is 7.14. The molecule has 126 valence electrons. The molecule has 0 saturated heterocycles. The topological polar surface area (TPSA) is 58.2 Å². The first-order valence-electron chi connectivity index (χ1n) is 5.90. The van der Waals surface area contributed by atoms with E-state index in [1.54, 1.807) is 0 Å². The van der Waals surface area contributed by atoms with Crippen molar-refractivity contribution in [3.63, 3.8) is 0 Å². The van der Waals surface area contributed by atoms with Crippen LogP contribution in [0.15, 0.2) is 23.5 Å². The van der Waals surface area contributed by atoms with Gasteiger partial charge in [-0.05, 0) is 13.8 Å². The van der Waals surface area contributed by atoms with Crippen LogP contribution in [0.5, 0.6) is 0 Å². The minimum Gasteiger partial charge on any atom is -0.387 e. The van der Waals surface area contributed by atoms with Crippen LogP contribution < -0.4 is 10.6 Å². The van der Waals surface area contributed by atoms with E-state index in [0.29, 0.717) is 12.2 Å². The molecule has 2 N–H and O–H groups in total. The minimum atomic E-state index is -4.96. The molecule has 0 aromatic rings. The third-order valence-corrected chi connectivity index (χ3v) is 2.19. The molecule has 0 aliphatic heterocycles. The summed E-state index contributed by atoms with van der Waals surface area (Å²) < 4.78 is 71.7. The van der Waals surface area contributed by atoms with Crippen LogP contribution in [0.3, 0.4) is 0 Å². The largest absolute Gasteiger partial charge is 0.454 e. The number of hydrogen-bond donors (Lipinski definition) is 2. The zero-order valence-corrected chi connectivity index (χ0v) is 11.7. The monoisotopic (exact) mass is 332 g/mol. The zero-order valence-electron chi connectivity index (χ0n) is 11.7. The number of hydrogen-bond acceptors (Lipinski definition) is 4. The van der Waals surface area contributed by atoms with E-state index >= 15 is 0 Å². The summed E-state index contributed by atoms with van der Waals surface area (Å²) in [5, 5.41) is 4.94. The Bertz CT molecular complexity index is 433. The SMILES string of the molecule is C/C(=C/C(=O)C(F)(F)F)NCCN/C(C)=C\C(=O)C(F)(F)F. The van der Waals surface area contributed by atoms with Crippen LogP contribution in [-0.4, -0.2) is 37.0 Å². The lowest BCUT2D eigenvalue weighted by Crippen LogP contribution is -2.28. The Morgan fingerprint density at radius 2 is 1.05 bits per heavy atom. The van der Waals surface area contributed by atoms with E-state index in [4.69, 9.17) is 0 Å². The van der Waals surface area contributed by atoms with Crippen molar-refractivity contribution in [1.82, 2.24) is 10.6 Å². The van der Waals surface area contributed by atoms with E-state index in [0.717, 1.165) is 0 Å². The fourth-order valence-corrected chi connectivity index (χ4v) is 1.18. The van der Waals surface area contributed by atoms with E-state index in [9.17, 15) is 35.9 Å². The molecule has 0 aliphatic rings. The maximum absolute atomic E-state index is 12.0. The number of halogens is 6. The molecule has 22 heavy (non-hydrogen) atoms. The molecular weight excluding hydrogens is 318 g/mol. The highest BCUT2D eigenvalue weighted by Crippen LogP contribution is 2.17. The third-order valence-electron chi connectivity index (χ3n) is 2.19. The van der Waals surface area contributed by atoms with Gasteiger partial charge in [0.25, 0.3) is 11.6 Å². The number of carbonyl (C=O) groups is 2. The lowest BCUT2D eigenvalue weighted by atomic mass is 10.3. The van der Waals surface area contributed by atoms with E-state index in [1.165, 1.54) is 13.8 Å². The van der Waals surface area contributed by atoms with Crippen molar-refractivity contribution in [3.8, 4) is 0 Å². The first-order chi connectivity index (χ1) is 9.84. The van der Waals surface area contributed by atoms with Crippen molar-refractivity contribution >= 4 is 11.6 Å². The van der Waals surface area contributed by atoms with Crippen molar-refractivity contribution in [1.29, 1.82) is 0 Å². The molecule has 10 heteroatoms. The van der Waals surface area contributed by atoms with E-state index in [1.807, 2.05) is 0 Å². The quantitative estimate of drug-likeness (QED) is 0.426. The number of carbonyl (C=O) groups excluding carboxylic acids is 2. The summed E-state index contributed by atoms with van der Waals surface area (Å²) >= 11 is 0. The van der Waals surface area contributed by atoms with Gasteiger partial charge in [-0.3, -0.25) is 9.59 Å². The lowest BCUT2D eigenvalue weighted by Gasteiger charge is -2.10. The molecule has 0 fully saturated rings. The second kappa shape index (κ2) is 7.85. The highest BCUT2D eigenvalue weighted by molar-refractivity contribution is 5.95. The summed E-state index contributed by atoms with van der Waals surface area (Å²) in [6, 6.07) is 0. The van der Waals surface area contributed by atoms with Crippen molar-refractivity contribution in [3.05, 3.63) is 23.5 Å². The number of alkyl halides is 6. The van der Waals surface area contributed by atoms with Gasteiger partial charge in [0, 0.05) is 36.6 Å². The van der Waals surface area contributed by atoms with Gasteiger partial charge in [0.15, 0.2) is 0 Å². The smallest absolute Gasteiger partial charge is 0.387 e. The minimum absolute atomic E-state index is 0.0405. The fraction of sp³-hybridized carbons (Fsp3) is 0.500. The lowest BCUT2D eigenvalue weighted by molar-refractivity contribution is -0.165. The molecule has 0 aromatic heterocycles. The molecule has 0 aromatic carbocycles. The number of ketones is 2. The van der Waals surface area contributed by atoms with Crippen LogP contribution >= 0.6 is 0 Å². The molecule has 0 rings (SSSR count). The first kappa shape index (κ1) is 20.0. The van der Waals surface area contributed by atoms with Gasteiger partial charge in [0.2, 0.25) is 0 Å². The summed E-state index contributed by atoms with van der Waals surface area (Å²) in [7, 11) is 0. The predicted octanol–water partition coefficient (Wildman–Crippen LogP) is 2.24. The maximum Gasteiger partial charge on any atom is 0.454 e. The molecule has 0 unspecified atom stereocenters. The Morgan fingerprint density at radius 3 is 1.27 bits per heavy atom. The average Bonchev–Trinajstić information content (AvgIpc) is 2.32. The molecule has 0 atom stereocenters. The summed E-state index contributed by atoms with van der Waals surface area (Å²) in [5.74, 6) is -4.03. The Labute approximate surface area is 122 Å². The summed E-state index contributed by atoms with van der Waals surface area (Å²) in [5.41, 5.74) is -0.0887. The molecule has 0 saturated carbocycles. The molecule has 4 nitrogen and oxygen atoms in total. The van der Waals surface area contributed by atoms with Gasteiger partial charge in [0.05, 0.1) is 0 Å². The van der Waals surface area contributed by atoms with E-state index in [2.05, 4.69) is 10.6 Å². The highest BCUT2D eigenvalue weighted by atomic mass is 19.4. The average molecular weight is 332 g/mol. The Hall–Kier alpha value is -2.00. The molecule has 0 spiro atoms. The molecule has 0 radical (unpaired) electrons. The van der Waals surface area contributed by atoms with Crippen molar-refractivity contribution in [2.24, 2.45) is 0 Å². The van der Waals surface area contributed by atoms with Crippen LogP contribution in [-0.2, 0) is 9.59 Å². The summed E-state index contributed by atoms with van der Waals surface area (Å²) in [6.07, 6.45) is -9.18. The van der Waals surface area contributed by atoms with E-state index in [-0.39, 0.29) is 24.5 Å². The summed E-state index contributed by atoms with van der Waals surface area (Å²) in [4.78, 5) is 21.2. The Morgan fingerprint density at radius 1 is 0.773 bits per heavy atom. The van der Waals surface area contributed by atoms with Gasteiger partial charge in [0.1, 0.15) is 0 Å². The molecule has 0 heterocycles. The number of rotatable bonds is 7. The van der Waals surface area contributed by atoms with Gasteiger partial charge in [-0.2, -0.15) is 26.3 Å². The van der Waals surface area contributed by atoms with Crippen LogP contribution in [0.2, 0.25) is 0 Å². The van der Waals surface area contributed by atoms with Crippen molar-refractivity contribution in [2.45, 2.75) is 26.2 Å². The molecule has 0 amide bonds. The summed E-state index contributed by atoms with van der Waals surface area (Å²) in [6.45, 7) is 2.55. The van der Waals surface area contributed by atoms with Crippen molar-refractivity contribution in [2.75, 3.05) is 13.1 Å². The molecule has 0 aliphatic carbocycles. The molecule has 0 bridgehead atoms. The van der Waals surface area contributed by atoms with Gasteiger partial charge in [-0.25, -0.2) is 0 Å². The predicted molar refractivity (Wildman–Crippen MR) is 65.6 cm³/mol. The fourth-order valence-electron chi connectivity index (χ4n) is 1.18. The van der Waals surface area contributed by atoms with E-state index < -0.39 is 23.9 Å². The number of nitrogens with one attached hydrogen (secondary N) is 2. The van der Waals surface area contributed by atoms with Gasteiger partial charge >= 0.3 is 12.4 Å². The van der Waals surface area contributed by atoms with Gasteiger partial charge < -0.3 is 10.6 Å². The van der Waals surface area contributed by atoms with Gasteiger partial charge in [-0.15, -0.1) is 0 Å². The third kappa shape index (κ3) is 8.32. The standard InChI is InChI=1S/C12H14F6N2O2/c1-7(5-9(21)11(13,14)15)19-3-4-20-8(2)6-10(22)12(16,17)18/h5-6,19-20H,3-4H2,1-2H3/b7-5-,8-6-. The normalized spacial score (nSPS) is 13.8. The van der Waals surface area contributed by atoms with Crippen LogP contribution in [0.4, 0.5) is 26.3 Å². The van der Waals surface area contributed by atoms with Gasteiger partial charge in [-0.1, -0.05) is 0 Å². The second-order valence-corrected chi connectivity index (χ2v) is 4.23. The maximum atomic E-state index is 12.0. The molecular formula is C12H14F6N2O2. The van der Waals surface area contributed by atoms with Crippen molar-refractivity contribution < 1.29 is 35.9 Å². The Balaban J connectivity index is 4.24. The second-order valence-electron chi connectivity index (χ2n) is 4.23. The number of allylic oxidation sites excluding steroid dienone is 4. The van der Waals surface area contributed by atoms with Crippen LogP contribution in [0.1, 0.15) is 13.8 Å².